The summed E-state index contributed by atoms with van der Waals surface area (Å²) in [6, 6.07) is 19.2. The van der Waals surface area contributed by atoms with Crippen molar-refractivity contribution in [3.8, 4) is 22.6 Å². The van der Waals surface area contributed by atoms with Crippen LogP contribution in [0.3, 0.4) is 0 Å². The second-order valence-electron chi connectivity index (χ2n) is 6.87. The molecule has 0 aliphatic rings. The number of aromatic nitrogens is 5. The van der Waals surface area contributed by atoms with Crippen LogP contribution in [0.15, 0.2) is 71.7 Å². The van der Waals surface area contributed by atoms with E-state index in [1.807, 2.05) is 60.7 Å². The molecule has 30 heavy (non-hydrogen) atoms. The average Bonchev–Trinajstić information content (AvgIpc) is 3.19. The van der Waals surface area contributed by atoms with Gasteiger partial charge in [0.25, 0.3) is 5.56 Å². The van der Waals surface area contributed by atoms with E-state index in [1.165, 1.54) is 4.57 Å². The summed E-state index contributed by atoms with van der Waals surface area (Å²) < 4.78 is 8.64. The van der Waals surface area contributed by atoms with Crippen molar-refractivity contribution < 1.29 is 4.74 Å². The van der Waals surface area contributed by atoms with Crippen molar-refractivity contribution in [3.05, 3.63) is 82.9 Å². The number of methoxy groups -OCH3 is 1. The lowest BCUT2D eigenvalue weighted by Gasteiger charge is -2.11. The van der Waals surface area contributed by atoms with Gasteiger partial charge in [-0.1, -0.05) is 49.4 Å². The van der Waals surface area contributed by atoms with Gasteiger partial charge in [0.1, 0.15) is 11.3 Å². The van der Waals surface area contributed by atoms with Crippen LogP contribution in [0.5, 0.6) is 5.75 Å². The second-order valence-corrected chi connectivity index (χ2v) is 6.87. The van der Waals surface area contributed by atoms with E-state index < -0.39 is 0 Å². The lowest BCUT2D eigenvalue weighted by molar-refractivity contribution is 0.412. The fourth-order valence-corrected chi connectivity index (χ4v) is 3.76. The highest BCUT2D eigenvalue weighted by Crippen LogP contribution is 2.29. The molecule has 0 unspecified atom stereocenters. The molecule has 3 heterocycles. The van der Waals surface area contributed by atoms with Crippen LogP contribution < -0.4 is 10.3 Å². The zero-order chi connectivity index (χ0) is 20.7. The van der Waals surface area contributed by atoms with Gasteiger partial charge in [0, 0.05) is 6.20 Å². The fraction of sp³-hybridized carbons (Fsp3) is 0.130. The van der Waals surface area contributed by atoms with E-state index in [2.05, 4.69) is 17.1 Å². The maximum absolute atomic E-state index is 13.2. The van der Waals surface area contributed by atoms with Gasteiger partial charge >= 0.3 is 0 Å². The predicted molar refractivity (Wildman–Crippen MR) is 115 cm³/mol. The monoisotopic (exact) mass is 397 g/mol. The first-order valence-electron chi connectivity index (χ1n) is 9.71. The minimum absolute atomic E-state index is 0.251. The maximum Gasteiger partial charge on any atom is 0.285 e. The molecule has 3 aromatic heterocycles. The number of benzene rings is 2. The minimum Gasteiger partial charge on any atom is -0.495 e. The van der Waals surface area contributed by atoms with E-state index >= 15 is 0 Å². The molecule has 7 nitrogen and oxygen atoms in total. The summed E-state index contributed by atoms with van der Waals surface area (Å²) in [5, 5.41) is 13.5. The van der Waals surface area contributed by atoms with Crippen molar-refractivity contribution in [2.75, 3.05) is 7.11 Å². The molecule has 0 radical (unpaired) electrons. The lowest BCUT2D eigenvalue weighted by Crippen LogP contribution is -2.20. The third-order valence-electron chi connectivity index (χ3n) is 5.19. The van der Waals surface area contributed by atoms with E-state index in [4.69, 9.17) is 9.84 Å². The van der Waals surface area contributed by atoms with Crippen molar-refractivity contribution in [1.82, 2.24) is 24.4 Å². The Labute approximate surface area is 172 Å². The molecule has 0 bridgehead atoms. The molecule has 0 fully saturated rings. The van der Waals surface area contributed by atoms with Crippen LogP contribution in [0.2, 0.25) is 0 Å². The van der Waals surface area contributed by atoms with Gasteiger partial charge in [-0.25, -0.2) is 4.52 Å². The Morgan fingerprint density at radius 2 is 1.73 bits per heavy atom. The highest BCUT2D eigenvalue weighted by atomic mass is 16.5. The molecule has 0 atom stereocenters. The first kappa shape index (κ1) is 18.1. The number of ether oxygens (including phenoxy) is 1. The van der Waals surface area contributed by atoms with Crippen molar-refractivity contribution in [2.45, 2.75) is 13.3 Å². The zero-order valence-electron chi connectivity index (χ0n) is 16.6. The summed E-state index contributed by atoms with van der Waals surface area (Å²) in [5.41, 5.74) is 4.77. The highest BCUT2D eigenvalue weighted by molar-refractivity contribution is 5.84. The lowest BCUT2D eigenvalue weighted by atomic mass is 10.0. The molecule has 7 heteroatoms. The van der Waals surface area contributed by atoms with E-state index in [1.54, 1.807) is 17.8 Å². The van der Waals surface area contributed by atoms with Crippen molar-refractivity contribution in [1.29, 1.82) is 0 Å². The van der Waals surface area contributed by atoms with E-state index in [0.29, 0.717) is 22.6 Å². The van der Waals surface area contributed by atoms with Gasteiger partial charge in [-0.2, -0.15) is 5.10 Å². The molecule has 0 saturated carbocycles. The summed E-state index contributed by atoms with van der Waals surface area (Å²) in [6.07, 6.45) is 2.46. The molecule has 0 saturated heterocycles. The smallest absolute Gasteiger partial charge is 0.285 e. The van der Waals surface area contributed by atoms with Crippen LogP contribution in [0.4, 0.5) is 0 Å². The van der Waals surface area contributed by atoms with Crippen LogP contribution in [0.1, 0.15) is 12.6 Å². The number of hydrogen-bond acceptors (Lipinski definition) is 5. The SMILES string of the molecule is CCc1nn2c(nnc3c(=O)n(-c4ccccc4OC)ccc32)c1-c1ccccc1. The van der Waals surface area contributed by atoms with Gasteiger partial charge in [-0.15, -0.1) is 10.2 Å². The Bertz CT molecular complexity index is 1440. The van der Waals surface area contributed by atoms with Crippen molar-refractivity contribution in [3.63, 3.8) is 0 Å². The van der Waals surface area contributed by atoms with Crippen LogP contribution >= 0.6 is 0 Å². The summed E-state index contributed by atoms with van der Waals surface area (Å²) in [6.45, 7) is 2.05. The fourth-order valence-electron chi connectivity index (χ4n) is 3.76. The summed E-state index contributed by atoms with van der Waals surface area (Å²) in [5.74, 6) is 0.603. The highest BCUT2D eigenvalue weighted by Gasteiger charge is 2.19. The molecular formula is C23H19N5O2. The topological polar surface area (TPSA) is 74.3 Å². The molecule has 0 aliphatic heterocycles. The first-order valence-corrected chi connectivity index (χ1v) is 9.71. The molecule has 0 spiro atoms. The molecular weight excluding hydrogens is 378 g/mol. The van der Waals surface area contributed by atoms with E-state index in [0.717, 1.165) is 23.2 Å². The molecule has 2 aromatic carbocycles. The van der Waals surface area contributed by atoms with Crippen molar-refractivity contribution in [2.24, 2.45) is 0 Å². The van der Waals surface area contributed by atoms with Crippen molar-refractivity contribution >= 4 is 16.7 Å². The molecule has 0 N–H and O–H groups in total. The number of pyridine rings is 1. The average molecular weight is 397 g/mol. The normalized spacial score (nSPS) is 11.3. The Balaban J connectivity index is 1.79. The Morgan fingerprint density at radius 1 is 0.967 bits per heavy atom. The Hall–Kier alpha value is -4.00. The first-order chi connectivity index (χ1) is 14.7. The Kier molecular flexibility index (Phi) is 4.28. The number of aryl methyl sites for hydroxylation is 1. The van der Waals surface area contributed by atoms with Gasteiger partial charge < -0.3 is 4.74 Å². The number of hydrogen-bond donors (Lipinski definition) is 0. The van der Waals surface area contributed by atoms with Crippen LogP contribution in [-0.4, -0.2) is 31.5 Å². The third-order valence-corrected chi connectivity index (χ3v) is 5.19. The second kappa shape index (κ2) is 7.11. The largest absolute Gasteiger partial charge is 0.495 e. The van der Waals surface area contributed by atoms with Gasteiger partial charge in [-0.05, 0) is 30.2 Å². The molecule has 0 aliphatic carbocycles. The standard InChI is InChI=1S/C23H19N5O2/c1-3-16-20(15-9-5-4-6-10-15)22-25-24-21-18(28(22)26-16)13-14-27(23(21)29)17-11-7-8-12-19(17)30-2/h4-14H,3H2,1-2H3. The number of para-hydroxylation sites is 2. The number of rotatable bonds is 4. The molecule has 148 valence electrons. The molecule has 5 rings (SSSR count). The maximum atomic E-state index is 13.2. The minimum atomic E-state index is -0.277. The summed E-state index contributed by atoms with van der Waals surface area (Å²) >= 11 is 0. The number of fused-ring (bicyclic) bond motifs is 3. The van der Waals surface area contributed by atoms with Crippen LogP contribution in [0, 0.1) is 0 Å². The Morgan fingerprint density at radius 3 is 2.50 bits per heavy atom. The third kappa shape index (κ3) is 2.67. The van der Waals surface area contributed by atoms with Gasteiger partial charge in [0.15, 0.2) is 11.2 Å². The number of nitrogens with zero attached hydrogens (tertiary/aromatic N) is 5. The summed E-state index contributed by atoms with van der Waals surface area (Å²) in [7, 11) is 1.58. The predicted octanol–water partition coefficient (Wildman–Crippen LogP) is 3.67. The van der Waals surface area contributed by atoms with Gasteiger partial charge in [0.2, 0.25) is 0 Å². The van der Waals surface area contributed by atoms with Gasteiger partial charge in [0.05, 0.1) is 24.1 Å². The summed E-state index contributed by atoms with van der Waals surface area (Å²) in [4.78, 5) is 13.2. The molecule has 5 aromatic rings. The quantitative estimate of drug-likeness (QED) is 0.463. The van der Waals surface area contributed by atoms with Crippen LogP contribution in [0.25, 0.3) is 33.5 Å². The molecule has 0 amide bonds. The van der Waals surface area contributed by atoms with E-state index in [-0.39, 0.29) is 11.1 Å². The van der Waals surface area contributed by atoms with Crippen LogP contribution in [-0.2, 0) is 6.42 Å². The zero-order valence-corrected chi connectivity index (χ0v) is 16.6. The van der Waals surface area contributed by atoms with Gasteiger partial charge in [-0.3, -0.25) is 9.36 Å². The van der Waals surface area contributed by atoms with E-state index in [9.17, 15) is 4.79 Å².